The van der Waals surface area contributed by atoms with Gasteiger partial charge in [0.15, 0.2) is 11.9 Å². The van der Waals surface area contributed by atoms with Crippen molar-refractivity contribution in [3.63, 3.8) is 0 Å². The summed E-state index contributed by atoms with van der Waals surface area (Å²) in [5, 5.41) is 11.8. The van der Waals surface area contributed by atoms with Gasteiger partial charge in [-0.25, -0.2) is 5.11 Å². The van der Waals surface area contributed by atoms with Crippen molar-refractivity contribution < 1.29 is 9.90 Å². The minimum Gasteiger partial charge on any atom is -0.296 e. The Kier molecular flexibility index (Phi) is 3.46. The van der Waals surface area contributed by atoms with Crippen LogP contribution in [0.4, 0.5) is 0 Å². The minimum atomic E-state index is -1.33. The molecule has 0 N–H and O–H groups in total. The second-order valence-corrected chi connectivity index (χ2v) is 3.13. The van der Waals surface area contributed by atoms with Gasteiger partial charge in [0.05, 0.1) is 0 Å². The normalized spacial score (nSPS) is 12.5. The number of ketones is 1. The number of carbonyl (C=O) groups is 1. The molecule has 0 bridgehead atoms. The van der Waals surface area contributed by atoms with Crippen molar-refractivity contribution in [2.75, 3.05) is 0 Å². The number of rotatable bonds is 3. The van der Waals surface area contributed by atoms with Gasteiger partial charge in [-0.05, 0) is 6.07 Å². The van der Waals surface area contributed by atoms with Gasteiger partial charge >= 0.3 is 0 Å². The molecule has 1 aromatic carbocycles. The molecule has 0 saturated carbocycles. The van der Waals surface area contributed by atoms with Crippen LogP contribution in [0.5, 0.6) is 0 Å². The van der Waals surface area contributed by atoms with Crippen molar-refractivity contribution in [2.45, 2.75) is 19.4 Å². The Morgan fingerprint density at radius 1 is 1.46 bits per heavy atom. The molecule has 1 unspecified atom stereocenters. The molecule has 1 rings (SSSR count). The molecule has 0 aliphatic heterocycles. The molecule has 1 atom stereocenters. The maximum absolute atomic E-state index is 11.4. The molecule has 0 spiro atoms. The van der Waals surface area contributed by atoms with Gasteiger partial charge in [0.1, 0.15) is 0 Å². The quantitative estimate of drug-likeness (QED) is 0.734. The molecular weight excluding hydrogens is 188 g/mol. The summed E-state index contributed by atoms with van der Waals surface area (Å²) >= 11 is 5.77. The average molecular weight is 198 g/mol. The Hall–Kier alpha value is -0.860. The van der Waals surface area contributed by atoms with E-state index in [1.165, 1.54) is 0 Å². The van der Waals surface area contributed by atoms with E-state index in [2.05, 4.69) is 0 Å². The van der Waals surface area contributed by atoms with Crippen LogP contribution < -0.4 is 0 Å². The van der Waals surface area contributed by atoms with Crippen LogP contribution in [0.25, 0.3) is 0 Å². The number of hydrogen-bond donors (Lipinski definition) is 0. The SMILES string of the molecule is CCC(=O)C([O])c1ccccc1Cl. The maximum Gasteiger partial charge on any atom is 0.177 e. The Bertz CT molecular complexity index is 310. The fraction of sp³-hybridized carbons (Fsp3) is 0.300. The van der Waals surface area contributed by atoms with Crippen LogP contribution in [-0.2, 0) is 9.90 Å². The Balaban J connectivity index is 2.95. The van der Waals surface area contributed by atoms with Gasteiger partial charge in [-0.1, -0.05) is 36.7 Å². The molecule has 1 radical (unpaired) electrons. The molecule has 3 heteroatoms. The second-order valence-electron chi connectivity index (χ2n) is 2.72. The van der Waals surface area contributed by atoms with E-state index in [9.17, 15) is 9.90 Å². The number of benzene rings is 1. The van der Waals surface area contributed by atoms with Crippen LogP contribution in [0.2, 0.25) is 5.02 Å². The summed E-state index contributed by atoms with van der Waals surface area (Å²) in [4.78, 5) is 11.1. The predicted molar refractivity (Wildman–Crippen MR) is 50.2 cm³/mol. The van der Waals surface area contributed by atoms with E-state index in [1.807, 2.05) is 0 Å². The monoisotopic (exact) mass is 197 g/mol. The van der Waals surface area contributed by atoms with Crippen LogP contribution in [0.3, 0.4) is 0 Å². The van der Waals surface area contributed by atoms with Gasteiger partial charge in [-0.3, -0.25) is 4.79 Å². The number of Topliss-reactive ketones (excluding diaryl/α,β-unsaturated/α-hetero) is 1. The van der Waals surface area contributed by atoms with Crippen molar-refractivity contribution in [2.24, 2.45) is 0 Å². The van der Waals surface area contributed by atoms with Gasteiger partial charge < -0.3 is 0 Å². The molecule has 0 saturated heterocycles. The first-order valence-corrected chi connectivity index (χ1v) is 4.47. The molecule has 2 nitrogen and oxygen atoms in total. The lowest BCUT2D eigenvalue weighted by Gasteiger charge is -2.07. The zero-order valence-corrected chi connectivity index (χ0v) is 8.04. The average Bonchev–Trinajstić information content (AvgIpc) is 2.16. The molecule has 0 aliphatic rings. The van der Waals surface area contributed by atoms with E-state index < -0.39 is 6.10 Å². The number of halogens is 1. The third kappa shape index (κ3) is 2.29. The largest absolute Gasteiger partial charge is 0.296 e. The molecule has 0 heterocycles. The summed E-state index contributed by atoms with van der Waals surface area (Å²) in [5.41, 5.74) is 0.371. The van der Waals surface area contributed by atoms with Gasteiger partial charge in [-0.15, -0.1) is 0 Å². The van der Waals surface area contributed by atoms with Crippen molar-refractivity contribution in [1.29, 1.82) is 0 Å². The van der Waals surface area contributed by atoms with Gasteiger partial charge in [0.2, 0.25) is 0 Å². The van der Waals surface area contributed by atoms with Gasteiger partial charge in [-0.2, -0.15) is 0 Å². The summed E-state index contributed by atoms with van der Waals surface area (Å²) in [6.45, 7) is 1.67. The minimum absolute atomic E-state index is 0.249. The zero-order chi connectivity index (χ0) is 9.84. The standard InChI is InChI=1S/C10H10ClO2/c1-2-9(12)10(13)7-5-3-4-6-8(7)11/h3-6,10H,2H2,1H3. The first kappa shape index (κ1) is 10.2. The van der Waals surface area contributed by atoms with Crippen molar-refractivity contribution in [3.05, 3.63) is 34.9 Å². The highest BCUT2D eigenvalue weighted by Crippen LogP contribution is 2.24. The highest BCUT2D eigenvalue weighted by molar-refractivity contribution is 6.31. The van der Waals surface area contributed by atoms with Crippen LogP contribution in [-0.4, -0.2) is 5.78 Å². The van der Waals surface area contributed by atoms with Crippen molar-refractivity contribution in [1.82, 2.24) is 0 Å². The zero-order valence-electron chi connectivity index (χ0n) is 7.29. The lowest BCUT2D eigenvalue weighted by molar-refractivity contribution is -0.130. The maximum atomic E-state index is 11.4. The third-order valence-corrected chi connectivity index (χ3v) is 2.17. The van der Waals surface area contributed by atoms with Crippen LogP contribution in [0.1, 0.15) is 25.0 Å². The Labute approximate surface area is 82.2 Å². The van der Waals surface area contributed by atoms with E-state index in [0.717, 1.165) is 0 Å². The predicted octanol–water partition coefficient (Wildman–Crippen LogP) is 2.79. The molecule has 1 aromatic rings. The molecule has 69 valence electrons. The first-order valence-electron chi connectivity index (χ1n) is 4.09. The molecule has 0 fully saturated rings. The van der Waals surface area contributed by atoms with Crippen molar-refractivity contribution >= 4 is 17.4 Å². The highest BCUT2D eigenvalue weighted by atomic mass is 35.5. The van der Waals surface area contributed by atoms with E-state index in [-0.39, 0.29) is 12.2 Å². The van der Waals surface area contributed by atoms with Gasteiger partial charge in [0.25, 0.3) is 0 Å². The Morgan fingerprint density at radius 2 is 2.08 bits per heavy atom. The summed E-state index contributed by atoms with van der Waals surface area (Å²) in [5.74, 6) is -0.326. The fourth-order valence-electron chi connectivity index (χ4n) is 1.05. The lowest BCUT2D eigenvalue weighted by atomic mass is 10.0. The molecule has 13 heavy (non-hydrogen) atoms. The van der Waals surface area contributed by atoms with Crippen LogP contribution in [0.15, 0.2) is 24.3 Å². The summed E-state index contributed by atoms with van der Waals surface area (Å²) in [6, 6.07) is 6.64. The van der Waals surface area contributed by atoms with Crippen molar-refractivity contribution in [3.8, 4) is 0 Å². The van der Waals surface area contributed by atoms with E-state index in [4.69, 9.17) is 11.6 Å². The summed E-state index contributed by atoms with van der Waals surface area (Å²) < 4.78 is 0. The highest BCUT2D eigenvalue weighted by Gasteiger charge is 2.19. The summed E-state index contributed by atoms with van der Waals surface area (Å²) in [6.07, 6.45) is -1.09. The number of hydrogen-bond acceptors (Lipinski definition) is 1. The van der Waals surface area contributed by atoms with Crippen LogP contribution in [0, 0.1) is 0 Å². The first-order chi connectivity index (χ1) is 6.16. The molecule has 0 amide bonds. The fourth-order valence-corrected chi connectivity index (χ4v) is 1.28. The molecule has 0 aromatic heterocycles. The van der Waals surface area contributed by atoms with Gasteiger partial charge in [0, 0.05) is 17.0 Å². The third-order valence-electron chi connectivity index (χ3n) is 1.83. The number of carbonyl (C=O) groups excluding carboxylic acids is 1. The topological polar surface area (TPSA) is 37.0 Å². The van der Waals surface area contributed by atoms with E-state index >= 15 is 0 Å². The molecular formula is C10H10ClO2. The van der Waals surface area contributed by atoms with Crippen LogP contribution >= 0.6 is 11.6 Å². The van der Waals surface area contributed by atoms with E-state index in [1.54, 1.807) is 31.2 Å². The Morgan fingerprint density at radius 3 is 2.62 bits per heavy atom. The lowest BCUT2D eigenvalue weighted by Crippen LogP contribution is -2.09. The molecule has 0 aliphatic carbocycles. The summed E-state index contributed by atoms with van der Waals surface area (Å²) in [7, 11) is 0. The second kappa shape index (κ2) is 4.40. The van der Waals surface area contributed by atoms with E-state index in [0.29, 0.717) is 10.6 Å². The smallest absolute Gasteiger partial charge is 0.177 e.